The van der Waals surface area contributed by atoms with Crippen molar-refractivity contribution >= 4 is 27.5 Å². The maximum atomic E-state index is 11.2. The fraction of sp³-hybridized carbons (Fsp3) is 0.333. The maximum absolute atomic E-state index is 11.2. The van der Waals surface area contributed by atoms with Crippen molar-refractivity contribution in [3.8, 4) is 10.9 Å². The van der Waals surface area contributed by atoms with E-state index in [4.69, 9.17) is 4.74 Å². The van der Waals surface area contributed by atoms with Crippen LogP contribution in [-0.4, -0.2) is 40.6 Å². The summed E-state index contributed by atoms with van der Waals surface area (Å²) in [6.45, 7) is 2.54. The van der Waals surface area contributed by atoms with Crippen molar-refractivity contribution in [3.63, 3.8) is 0 Å². The second-order valence-corrected chi connectivity index (χ2v) is 7.91. The molecule has 1 unspecified atom stereocenters. The SMILES string of the molecule is O=C(O)C1CCCN(CCc2ccc(Oc3nc4ccccc4s3)cc2)C1. The smallest absolute Gasteiger partial charge is 0.307 e. The lowest BCUT2D eigenvalue weighted by atomic mass is 9.98. The van der Waals surface area contributed by atoms with E-state index in [1.807, 2.05) is 36.4 Å². The van der Waals surface area contributed by atoms with E-state index in [1.165, 1.54) is 16.9 Å². The van der Waals surface area contributed by atoms with Gasteiger partial charge in [-0.3, -0.25) is 4.79 Å². The fourth-order valence-corrected chi connectivity index (χ4v) is 4.30. The molecule has 2 heterocycles. The van der Waals surface area contributed by atoms with Crippen molar-refractivity contribution < 1.29 is 14.6 Å². The summed E-state index contributed by atoms with van der Waals surface area (Å²) in [5.41, 5.74) is 2.18. The molecule has 1 N–H and O–H groups in total. The van der Waals surface area contributed by atoms with Gasteiger partial charge in [0.15, 0.2) is 0 Å². The summed E-state index contributed by atoms with van der Waals surface area (Å²) in [5, 5.41) is 9.84. The number of nitrogens with zero attached hydrogens (tertiary/aromatic N) is 2. The number of aromatic nitrogens is 1. The number of rotatable bonds is 6. The van der Waals surface area contributed by atoms with Gasteiger partial charge in [0.2, 0.25) is 0 Å². The molecule has 0 aliphatic carbocycles. The zero-order valence-electron chi connectivity index (χ0n) is 15.0. The number of carboxylic acids is 1. The number of aliphatic carboxylic acids is 1. The number of para-hydroxylation sites is 1. The minimum absolute atomic E-state index is 0.219. The van der Waals surface area contributed by atoms with Gasteiger partial charge in [0.1, 0.15) is 5.75 Å². The van der Waals surface area contributed by atoms with Crippen molar-refractivity contribution in [2.75, 3.05) is 19.6 Å². The van der Waals surface area contributed by atoms with E-state index in [0.29, 0.717) is 11.7 Å². The monoisotopic (exact) mass is 382 g/mol. The van der Waals surface area contributed by atoms with E-state index in [0.717, 1.165) is 48.3 Å². The highest BCUT2D eigenvalue weighted by Gasteiger charge is 2.24. The second-order valence-electron chi connectivity index (χ2n) is 6.92. The Morgan fingerprint density at radius 3 is 2.81 bits per heavy atom. The van der Waals surface area contributed by atoms with Crippen molar-refractivity contribution in [1.82, 2.24) is 9.88 Å². The molecule has 4 rings (SSSR count). The Bertz CT molecular complexity index is 890. The number of ether oxygens (including phenoxy) is 1. The highest BCUT2D eigenvalue weighted by Crippen LogP contribution is 2.31. The summed E-state index contributed by atoms with van der Waals surface area (Å²) >= 11 is 1.54. The van der Waals surface area contributed by atoms with Crippen LogP contribution in [0.2, 0.25) is 0 Å². The van der Waals surface area contributed by atoms with Gasteiger partial charge in [-0.25, -0.2) is 4.98 Å². The standard InChI is InChI=1S/C21H22N2O3S/c24-20(25)16-4-3-12-23(14-16)13-11-15-7-9-17(10-8-15)26-21-22-18-5-1-2-6-19(18)27-21/h1-2,5-10,16H,3-4,11-14H2,(H,24,25). The highest BCUT2D eigenvalue weighted by atomic mass is 32.1. The number of benzene rings is 2. The van der Waals surface area contributed by atoms with Gasteiger partial charge in [-0.15, -0.1) is 0 Å². The van der Waals surface area contributed by atoms with Crippen LogP contribution in [0.1, 0.15) is 18.4 Å². The van der Waals surface area contributed by atoms with Crippen LogP contribution < -0.4 is 4.74 Å². The first-order valence-electron chi connectivity index (χ1n) is 9.25. The zero-order chi connectivity index (χ0) is 18.6. The van der Waals surface area contributed by atoms with Crippen molar-refractivity contribution in [2.24, 2.45) is 5.92 Å². The van der Waals surface area contributed by atoms with Gasteiger partial charge in [0, 0.05) is 13.1 Å². The molecule has 0 spiro atoms. The van der Waals surface area contributed by atoms with Gasteiger partial charge < -0.3 is 14.7 Å². The number of hydrogen-bond donors (Lipinski definition) is 1. The Morgan fingerprint density at radius 2 is 2.04 bits per heavy atom. The molecule has 0 amide bonds. The van der Waals surface area contributed by atoms with E-state index < -0.39 is 5.97 Å². The molecule has 0 saturated carbocycles. The lowest BCUT2D eigenvalue weighted by Crippen LogP contribution is -2.39. The molecule has 5 nitrogen and oxygen atoms in total. The van der Waals surface area contributed by atoms with Gasteiger partial charge in [-0.05, 0) is 55.6 Å². The van der Waals surface area contributed by atoms with Crippen LogP contribution in [0, 0.1) is 5.92 Å². The van der Waals surface area contributed by atoms with Crippen LogP contribution >= 0.6 is 11.3 Å². The first kappa shape index (κ1) is 17.9. The molecule has 0 radical (unpaired) electrons. The molecule has 140 valence electrons. The Kier molecular flexibility index (Phi) is 5.36. The first-order chi connectivity index (χ1) is 13.2. The molecule has 1 aliphatic heterocycles. The van der Waals surface area contributed by atoms with Gasteiger partial charge in [-0.2, -0.15) is 0 Å². The Labute approximate surface area is 162 Å². The molecule has 1 aliphatic rings. The van der Waals surface area contributed by atoms with Crippen LogP contribution in [0.4, 0.5) is 0 Å². The van der Waals surface area contributed by atoms with Crippen LogP contribution in [0.5, 0.6) is 10.9 Å². The Morgan fingerprint density at radius 1 is 1.22 bits per heavy atom. The molecule has 2 aromatic carbocycles. The van der Waals surface area contributed by atoms with Crippen LogP contribution in [0.25, 0.3) is 10.2 Å². The molecule has 1 saturated heterocycles. The van der Waals surface area contributed by atoms with Gasteiger partial charge in [0.25, 0.3) is 5.19 Å². The molecular weight excluding hydrogens is 360 g/mol. The number of likely N-dealkylation sites (tertiary alicyclic amines) is 1. The predicted octanol–water partition coefficient (Wildman–Crippen LogP) is 4.43. The van der Waals surface area contributed by atoms with Gasteiger partial charge in [-0.1, -0.05) is 35.6 Å². The molecule has 27 heavy (non-hydrogen) atoms. The van der Waals surface area contributed by atoms with Crippen molar-refractivity contribution in [1.29, 1.82) is 0 Å². The number of fused-ring (bicyclic) bond motifs is 1. The molecule has 0 bridgehead atoms. The van der Waals surface area contributed by atoms with Gasteiger partial charge in [0.05, 0.1) is 16.1 Å². The molecule has 1 fully saturated rings. The molecular formula is C21H22N2O3S. The second kappa shape index (κ2) is 8.06. The normalized spacial score (nSPS) is 17.9. The van der Waals surface area contributed by atoms with E-state index >= 15 is 0 Å². The molecule has 1 aromatic heterocycles. The number of carbonyl (C=O) groups is 1. The van der Waals surface area contributed by atoms with E-state index in [1.54, 1.807) is 0 Å². The third-order valence-corrected chi connectivity index (χ3v) is 5.89. The molecule has 3 aromatic rings. The average Bonchev–Trinajstić information content (AvgIpc) is 3.10. The first-order valence-corrected chi connectivity index (χ1v) is 10.1. The summed E-state index contributed by atoms with van der Waals surface area (Å²) in [6, 6.07) is 16.1. The summed E-state index contributed by atoms with van der Waals surface area (Å²) in [5.74, 6) is -0.110. The minimum Gasteiger partial charge on any atom is -0.481 e. The number of hydrogen-bond acceptors (Lipinski definition) is 5. The quantitative estimate of drug-likeness (QED) is 0.683. The van der Waals surface area contributed by atoms with Crippen molar-refractivity contribution in [3.05, 3.63) is 54.1 Å². The van der Waals surface area contributed by atoms with E-state index in [-0.39, 0.29) is 5.92 Å². The number of thiazole rings is 1. The van der Waals surface area contributed by atoms with Crippen molar-refractivity contribution in [2.45, 2.75) is 19.3 Å². The topological polar surface area (TPSA) is 62.7 Å². The lowest BCUT2D eigenvalue weighted by molar-refractivity contribution is -0.143. The predicted molar refractivity (Wildman–Crippen MR) is 107 cm³/mol. The molecule has 1 atom stereocenters. The largest absolute Gasteiger partial charge is 0.481 e. The van der Waals surface area contributed by atoms with Crippen LogP contribution in [0.3, 0.4) is 0 Å². The van der Waals surface area contributed by atoms with Crippen LogP contribution in [-0.2, 0) is 11.2 Å². The summed E-state index contributed by atoms with van der Waals surface area (Å²) in [6.07, 6.45) is 2.67. The highest BCUT2D eigenvalue weighted by molar-refractivity contribution is 7.20. The lowest BCUT2D eigenvalue weighted by Gasteiger charge is -2.30. The average molecular weight is 382 g/mol. The summed E-state index contributed by atoms with van der Waals surface area (Å²) in [4.78, 5) is 17.9. The zero-order valence-corrected chi connectivity index (χ0v) is 15.8. The number of piperidine rings is 1. The Balaban J connectivity index is 1.32. The minimum atomic E-state index is -0.670. The van der Waals surface area contributed by atoms with Gasteiger partial charge >= 0.3 is 5.97 Å². The summed E-state index contributed by atoms with van der Waals surface area (Å²) < 4.78 is 7.00. The Hall–Kier alpha value is -2.44. The van der Waals surface area contributed by atoms with E-state index in [9.17, 15) is 9.90 Å². The maximum Gasteiger partial charge on any atom is 0.307 e. The fourth-order valence-electron chi connectivity index (χ4n) is 3.47. The van der Waals surface area contributed by atoms with E-state index in [2.05, 4.69) is 22.0 Å². The molecule has 6 heteroatoms. The number of carboxylic acid groups (broad SMARTS) is 1. The summed E-state index contributed by atoms with van der Waals surface area (Å²) in [7, 11) is 0. The third-order valence-electron chi connectivity index (χ3n) is 4.97. The third kappa shape index (κ3) is 4.46. The van der Waals surface area contributed by atoms with Crippen LogP contribution in [0.15, 0.2) is 48.5 Å².